The van der Waals surface area contributed by atoms with E-state index in [9.17, 15) is 13.2 Å². The average Bonchev–Trinajstić information content (AvgIpc) is 2.39. The molecule has 0 saturated heterocycles. The molecule has 0 aliphatic heterocycles. The number of anilines is 1. The molecule has 1 nitrogen and oxygen atoms in total. The lowest BCUT2D eigenvalue weighted by molar-refractivity contribution is -0.138. The number of aryl methyl sites for hydroxylation is 1. The summed E-state index contributed by atoms with van der Waals surface area (Å²) in [5.74, 6) is 0. The van der Waals surface area contributed by atoms with Crippen LogP contribution in [0.4, 0.5) is 18.9 Å². The molecule has 0 amide bonds. The van der Waals surface area contributed by atoms with Crippen molar-refractivity contribution >= 4 is 21.6 Å². The fraction of sp³-hybridized carbons (Fsp3) is 0.200. The molecule has 0 spiro atoms. The van der Waals surface area contributed by atoms with Crippen molar-refractivity contribution in [1.29, 1.82) is 0 Å². The summed E-state index contributed by atoms with van der Waals surface area (Å²) >= 11 is 3.35. The Kier molecular flexibility index (Phi) is 4.38. The lowest BCUT2D eigenvalue weighted by Crippen LogP contribution is -2.12. The molecular formula is C15H13BrF3N. The van der Waals surface area contributed by atoms with Crippen molar-refractivity contribution in [2.75, 3.05) is 5.32 Å². The van der Waals surface area contributed by atoms with E-state index < -0.39 is 11.7 Å². The molecular weight excluding hydrogens is 331 g/mol. The van der Waals surface area contributed by atoms with Crippen LogP contribution in [-0.2, 0) is 12.7 Å². The fourth-order valence-corrected chi connectivity index (χ4v) is 2.29. The van der Waals surface area contributed by atoms with Crippen LogP contribution in [0.15, 0.2) is 46.9 Å². The van der Waals surface area contributed by atoms with E-state index in [1.165, 1.54) is 12.1 Å². The van der Waals surface area contributed by atoms with Crippen LogP contribution in [0.25, 0.3) is 0 Å². The molecule has 0 bridgehead atoms. The van der Waals surface area contributed by atoms with Crippen LogP contribution >= 0.6 is 15.9 Å². The minimum atomic E-state index is -4.33. The van der Waals surface area contributed by atoms with Crippen LogP contribution in [0.2, 0.25) is 0 Å². The second kappa shape index (κ2) is 5.87. The van der Waals surface area contributed by atoms with E-state index in [1.807, 2.05) is 25.1 Å². The maximum Gasteiger partial charge on any atom is 0.416 e. The van der Waals surface area contributed by atoms with Crippen molar-refractivity contribution in [2.45, 2.75) is 19.6 Å². The third kappa shape index (κ3) is 3.54. The third-order valence-corrected chi connectivity index (χ3v) is 3.48. The van der Waals surface area contributed by atoms with E-state index in [1.54, 1.807) is 6.07 Å². The highest BCUT2D eigenvalue weighted by atomic mass is 79.9. The quantitative estimate of drug-likeness (QED) is 0.787. The second-order valence-electron chi connectivity index (χ2n) is 4.47. The molecule has 0 heterocycles. The number of alkyl halides is 3. The van der Waals surface area contributed by atoms with Crippen molar-refractivity contribution in [3.8, 4) is 0 Å². The van der Waals surface area contributed by atoms with Gasteiger partial charge >= 0.3 is 6.18 Å². The molecule has 5 heteroatoms. The Morgan fingerprint density at radius 3 is 2.50 bits per heavy atom. The molecule has 20 heavy (non-hydrogen) atoms. The topological polar surface area (TPSA) is 12.0 Å². The van der Waals surface area contributed by atoms with Crippen LogP contribution in [0, 0.1) is 6.92 Å². The number of rotatable bonds is 3. The Bertz CT molecular complexity index is 608. The van der Waals surface area contributed by atoms with Crippen molar-refractivity contribution < 1.29 is 13.2 Å². The molecule has 0 aliphatic carbocycles. The van der Waals surface area contributed by atoms with E-state index >= 15 is 0 Å². The van der Waals surface area contributed by atoms with Gasteiger partial charge in [0, 0.05) is 16.7 Å². The highest BCUT2D eigenvalue weighted by Crippen LogP contribution is 2.32. The minimum absolute atomic E-state index is 0.132. The van der Waals surface area contributed by atoms with E-state index in [0.717, 1.165) is 21.8 Å². The van der Waals surface area contributed by atoms with Crippen molar-refractivity contribution in [1.82, 2.24) is 0 Å². The Morgan fingerprint density at radius 1 is 1.10 bits per heavy atom. The predicted octanol–water partition coefficient (Wildman–Crippen LogP) is 5.39. The Balaban J connectivity index is 2.21. The number of halogens is 4. The lowest BCUT2D eigenvalue weighted by atomic mass is 10.1. The van der Waals surface area contributed by atoms with Gasteiger partial charge in [-0.15, -0.1) is 0 Å². The van der Waals surface area contributed by atoms with Gasteiger partial charge in [-0.3, -0.25) is 0 Å². The minimum Gasteiger partial charge on any atom is -0.381 e. The zero-order chi connectivity index (χ0) is 14.8. The fourth-order valence-electron chi connectivity index (χ4n) is 1.93. The Morgan fingerprint density at radius 2 is 1.80 bits per heavy atom. The zero-order valence-corrected chi connectivity index (χ0v) is 12.3. The van der Waals surface area contributed by atoms with Gasteiger partial charge in [-0.25, -0.2) is 0 Å². The first kappa shape index (κ1) is 14.9. The molecule has 0 fully saturated rings. The van der Waals surface area contributed by atoms with Crippen molar-refractivity contribution in [3.05, 3.63) is 63.6 Å². The van der Waals surface area contributed by atoms with Crippen LogP contribution in [0.1, 0.15) is 16.7 Å². The van der Waals surface area contributed by atoms with E-state index in [4.69, 9.17) is 0 Å². The largest absolute Gasteiger partial charge is 0.416 e. The van der Waals surface area contributed by atoms with Gasteiger partial charge in [-0.05, 0) is 36.2 Å². The van der Waals surface area contributed by atoms with Crippen LogP contribution in [0.5, 0.6) is 0 Å². The maximum atomic E-state index is 12.9. The molecule has 0 aromatic heterocycles. The molecule has 0 atom stereocenters. The molecule has 0 radical (unpaired) electrons. The first-order valence-electron chi connectivity index (χ1n) is 6.03. The molecule has 0 saturated carbocycles. The first-order chi connectivity index (χ1) is 9.38. The molecule has 1 N–H and O–H groups in total. The first-order valence-corrected chi connectivity index (χ1v) is 6.82. The number of hydrogen-bond acceptors (Lipinski definition) is 1. The van der Waals surface area contributed by atoms with Gasteiger partial charge in [0.1, 0.15) is 0 Å². The molecule has 0 unspecified atom stereocenters. The average molecular weight is 344 g/mol. The van der Waals surface area contributed by atoms with Crippen molar-refractivity contribution in [2.24, 2.45) is 0 Å². The molecule has 2 aromatic rings. The van der Waals surface area contributed by atoms with E-state index in [2.05, 4.69) is 21.2 Å². The van der Waals surface area contributed by atoms with Gasteiger partial charge in [0.25, 0.3) is 0 Å². The number of benzene rings is 2. The highest BCUT2D eigenvalue weighted by molar-refractivity contribution is 9.10. The number of hydrogen-bond donors (Lipinski definition) is 1. The van der Waals surface area contributed by atoms with Crippen molar-refractivity contribution in [3.63, 3.8) is 0 Å². The van der Waals surface area contributed by atoms with Gasteiger partial charge in [-0.2, -0.15) is 13.2 Å². The van der Waals surface area contributed by atoms with Gasteiger partial charge in [0.2, 0.25) is 0 Å². The van der Waals surface area contributed by atoms with E-state index in [-0.39, 0.29) is 12.1 Å². The van der Waals surface area contributed by atoms with Gasteiger partial charge in [-0.1, -0.05) is 40.2 Å². The van der Waals surface area contributed by atoms with Crippen LogP contribution in [-0.4, -0.2) is 0 Å². The molecule has 106 valence electrons. The third-order valence-electron chi connectivity index (χ3n) is 2.99. The second-order valence-corrected chi connectivity index (χ2v) is 5.38. The van der Waals surface area contributed by atoms with Crippen LogP contribution < -0.4 is 5.32 Å². The SMILES string of the molecule is Cc1ccc(Br)cc1NCc1ccccc1C(F)(F)F. The van der Waals surface area contributed by atoms with E-state index in [0.29, 0.717) is 0 Å². The number of nitrogens with one attached hydrogen (secondary N) is 1. The Hall–Kier alpha value is -1.49. The summed E-state index contributed by atoms with van der Waals surface area (Å²) in [7, 11) is 0. The molecule has 2 aromatic carbocycles. The van der Waals surface area contributed by atoms with Crippen LogP contribution in [0.3, 0.4) is 0 Å². The summed E-state index contributed by atoms with van der Waals surface area (Å²) in [6.07, 6.45) is -4.33. The predicted molar refractivity (Wildman–Crippen MR) is 77.6 cm³/mol. The normalized spacial score (nSPS) is 11.4. The molecule has 0 aliphatic rings. The maximum absolute atomic E-state index is 12.9. The summed E-state index contributed by atoms with van der Waals surface area (Å²) in [5.41, 5.74) is 1.44. The smallest absolute Gasteiger partial charge is 0.381 e. The van der Waals surface area contributed by atoms with Gasteiger partial charge in [0.15, 0.2) is 0 Å². The monoisotopic (exact) mass is 343 g/mol. The highest BCUT2D eigenvalue weighted by Gasteiger charge is 2.32. The lowest BCUT2D eigenvalue weighted by Gasteiger charge is -2.15. The zero-order valence-electron chi connectivity index (χ0n) is 10.8. The summed E-state index contributed by atoms with van der Waals surface area (Å²) in [6.45, 7) is 2.04. The summed E-state index contributed by atoms with van der Waals surface area (Å²) in [4.78, 5) is 0. The standard InChI is InChI=1S/C15H13BrF3N/c1-10-6-7-12(16)8-14(10)20-9-11-4-2-3-5-13(11)15(17,18)19/h2-8,20H,9H2,1H3. The Labute approximate surface area is 123 Å². The van der Waals surface area contributed by atoms with Gasteiger partial charge in [0.05, 0.1) is 5.56 Å². The summed E-state index contributed by atoms with van der Waals surface area (Å²) in [5, 5.41) is 3.05. The summed E-state index contributed by atoms with van der Waals surface area (Å²) < 4.78 is 39.5. The molecule has 2 rings (SSSR count). The summed E-state index contributed by atoms with van der Waals surface area (Å²) in [6, 6.07) is 11.3. The van der Waals surface area contributed by atoms with Gasteiger partial charge < -0.3 is 5.32 Å².